The molecular weight excluding hydrogens is 286 g/mol. The molecule has 1 aromatic rings. The van der Waals surface area contributed by atoms with Gasteiger partial charge in [0.1, 0.15) is 13.2 Å². The number of carboxylic acid groups (broad SMARTS) is 1. The molecule has 3 rings (SSSR count). The molecule has 1 amide bonds. The number of aliphatic carboxylic acids is 1. The Kier molecular flexibility index (Phi) is 3.68. The van der Waals surface area contributed by atoms with Crippen LogP contribution in [0.2, 0.25) is 0 Å². The number of hydrogen-bond acceptors (Lipinski definition) is 4. The zero-order valence-electron chi connectivity index (χ0n) is 12.5. The van der Waals surface area contributed by atoms with E-state index in [2.05, 4.69) is 0 Å². The Morgan fingerprint density at radius 3 is 2.68 bits per heavy atom. The molecule has 6 heteroatoms. The molecule has 2 aliphatic rings. The first-order chi connectivity index (χ1) is 10.5. The molecule has 118 valence electrons. The Morgan fingerprint density at radius 1 is 1.23 bits per heavy atom. The number of hydrogen-bond donors (Lipinski definition) is 1. The maximum atomic E-state index is 12.6. The number of benzene rings is 1. The van der Waals surface area contributed by atoms with Gasteiger partial charge in [0.2, 0.25) is 0 Å². The van der Waals surface area contributed by atoms with E-state index in [9.17, 15) is 14.7 Å². The predicted molar refractivity (Wildman–Crippen MR) is 78.3 cm³/mol. The number of likely N-dealkylation sites (tertiary alicyclic amines) is 1. The van der Waals surface area contributed by atoms with Crippen LogP contribution in [0.15, 0.2) is 18.2 Å². The first-order valence-electron chi connectivity index (χ1n) is 7.42. The van der Waals surface area contributed by atoms with E-state index in [1.165, 1.54) is 0 Å². The highest BCUT2D eigenvalue weighted by Crippen LogP contribution is 2.33. The third-order valence-electron chi connectivity index (χ3n) is 4.29. The second-order valence-corrected chi connectivity index (χ2v) is 6.05. The number of nitrogens with zero attached hydrogens (tertiary/aromatic N) is 1. The number of fused-ring (bicyclic) bond motifs is 1. The van der Waals surface area contributed by atoms with Crippen LogP contribution in [0.25, 0.3) is 0 Å². The van der Waals surface area contributed by atoms with Crippen molar-refractivity contribution < 1.29 is 24.2 Å². The van der Waals surface area contributed by atoms with Crippen LogP contribution >= 0.6 is 0 Å². The monoisotopic (exact) mass is 305 g/mol. The number of rotatable bonds is 2. The van der Waals surface area contributed by atoms with Crippen LogP contribution in [0.5, 0.6) is 11.5 Å². The third kappa shape index (κ3) is 2.61. The average Bonchev–Trinajstić information content (AvgIpc) is 2.53. The van der Waals surface area contributed by atoms with Crippen LogP contribution in [0, 0.1) is 5.41 Å². The van der Waals surface area contributed by atoms with Gasteiger partial charge in [-0.25, -0.2) is 0 Å². The van der Waals surface area contributed by atoms with Gasteiger partial charge in [-0.15, -0.1) is 0 Å². The summed E-state index contributed by atoms with van der Waals surface area (Å²) in [7, 11) is 0. The van der Waals surface area contributed by atoms with Gasteiger partial charge in [0.15, 0.2) is 11.5 Å². The summed E-state index contributed by atoms with van der Waals surface area (Å²) in [6.45, 7) is 3.47. The molecule has 0 aliphatic carbocycles. The van der Waals surface area contributed by atoms with Crippen LogP contribution in [-0.4, -0.2) is 48.2 Å². The summed E-state index contributed by atoms with van der Waals surface area (Å²) in [5.41, 5.74) is -0.374. The van der Waals surface area contributed by atoms with Crippen LogP contribution in [0.1, 0.15) is 30.1 Å². The highest BCUT2D eigenvalue weighted by Gasteiger charge is 2.39. The van der Waals surface area contributed by atoms with Gasteiger partial charge in [0.25, 0.3) is 5.91 Å². The van der Waals surface area contributed by atoms with Crippen LogP contribution in [0.4, 0.5) is 0 Å². The molecule has 22 heavy (non-hydrogen) atoms. The first kappa shape index (κ1) is 14.7. The Bertz CT molecular complexity index is 615. The fourth-order valence-corrected chi connectivity index (χ4v) is 2.95. The molecule has 1 N–H and O–H groups in total. The van der Waals surface area contributed by atoms with Gasteiger partial charge in [-0.1, -0.05) is 0 Å². The predicted octanol–water partition coefficient (Wildman–Crippen LogP) is 1.78. The first-order valence-corrected chi connectivity index (χ1v) is 7.42. The molecule has 0 aromatic heterocycles. The fraction of sp³-hybridized carbons (Fsp3) is 0.500. The highest BCUT2D eigenvalue weighted by atomic mass is 16.6. The quantitative estimate of drug-likeness (QED) is 0.901. The summed E-state index contributed by atoms with van der Waals surface area (Å²) in [5, 5.41) is 9.35. The van der Waals surface area contributed by atoms with Gasteiger partial charge in [0, 0.05) is 18.7 Å². The molecule has 6 nitrogen and oxygen atoms in total. The van der Waals surface area contributed by atoms with E-state index >= 15 is 0 Å². The van der Waals surface area contributed by atoms with E-state index in [0.717, 1.165) is 0 Å². The van der Waals surface area contributed by atoms with E-state index in [1.807, 2.05) is 0 Å². The van der Waals surface area contributed by atoms with Crippen LogP contribution in [0.3, 0.4) is 0 Å². The van der Waals surface area contributed by atoms with Gasteiger partial charge in [-0.05, 0) is 38.0 Å². The number of carboxylic acids is 1. The Balaban J connectivity index is 1.80. The van der Waals surface area contributed by atoms with Gasteiger partial charge in [-0.3, -0.25) is 9.59 Å². The Hall–Kier alpha value is -2.24. The molecule has 0 saturated carbocycles. The van der Waals surface area contributed by atoms with Crippen molar-refractivity contribution >= 4 is 11.9 Å². The maximum absolute atomic E-state index is 12.6. The van der Waals surface area contributed by atoms with Crippen LogP contribution in [-0.2, 0) is 4.79 Å². The summed E-state index contributed by atoms with van der Waals surface area (Å²) in [6, 6.07) is 5.09. The molecule has 2 heterocycles. The second-order valence-electron chi connectivity index (χ2n) is 6.05. The number of ether oxygens (including phenoxy) is 2. The number of carbonyl (C=O) groups excluding carboxylic acids is 1. The molecule has 0 bridgehead atoms. The molecule has 1 unspecified atom stereocenters. The fourth-order valence-electron chi connectivity index (χ4n) is 2.95. The lowest BCUT2D eigenvalue weighted by molar-refractivity contribution is -0.150. The SMILES string of the molecule is CC1(C(=O)O)CCCN(C(=O)c2ccc3c(c2)OCCO3)C1. The van der Waals surface area contributed by atoms with Crippen molar-refractivity contribution in [2.24, 2.45) is 5.41 Å². The summed E-state index contributed by atoms with van der Waals surface area (Å²) >= 11 is 0. The Morgan fingerprint density at radius 2 is 1.95 bits per heavy atom. The van der Waals surface area contributed by atoms with Crippen molar-refractivity contribution in [2.75, 3.05) is 26.3 Å². The van der Waals surface area contributed by atoms with E-state index in [0.29, 0.717) is 49.7 Å². The van der Waals surface area contributed by atoms with E-state index in [4.69, 9.17) is 9.47 Å². The second kappa shape index (κ2) is 5.51. The smallest absolute Gasteiger partial charge is 0.311 e. The van der Waals surface area contributed by atoms with Crippen molar-refractivity contribution in [1.82, 2.24) is 4.90 Å². The topological polar surface area (TPSA) is 76.1 Å². The van der Waals surface area contributed by atoms with Crippen molar-refractivity contribution in [3.63, 3.8) is 0 Å². The van der Waals surface area contributed by atoms with Gasteiger partial charge >= 0.3 is 5.97 Å². The lowest BCUT2D eigenvalue weighted by atomic mass is 9.82. The largest absolute Gasteiger partial charge is 0.486 e. The van der Waals surface area contributed by atoms with Gasteiger partial charge < -0.3 is 19.5 Å². The summed E-state index contributed by atoms with van der Waals surface area (Å²) < 4.78 is 10.9. The minimum absolute atomic E-state index is 0.163. The maximum Gasteiger partial charge on any atom is 0.311 e. The standard InChI is InChI=1S/C16H19NO5/c1-16(15(19)20)5-2-6-17(10-16)14(18)11-3-4-12-13(9-11)22-8-7-21-12/h3-4,9H,2,5-8,10H2,1H3,(H,19,20). The highest BCUT2D eigenvalue weighted by molar-refractivity contribution is 5.95. The van der Waals surface area contributed by atoms with Crippen molar-refractivity contribution in [3.8, 4) is 11.5 Å². The minimum Gasteiger partial charge on any atom is -0.486 e. The number of piperidine rings is 1. The molecule has 1 saturated heterocycles. The molecule has 1 aromatic carbocycles. The normalized spacial score (nSPS) is 24.0. The van der Waals surface area contributed by atoms with Crippen molar-refractivity contribution in [2.45, 2.75) is 19.8 Å². The van der Waals surface area contributed by atoms with E-state index < -0.39 is 11.4 Å². The molecule has 1 fully saturated rings. The van der Waals surface area contributed by atoms with E-state index in [1.54, 1.807) is 30.0 Å². The molecular formula is C16H19NO5. The average molecular weight is 305 g/mol. The number of amides is 1. The molecule has 1 atom stereocenters. The summed E-state index contributed by atoms with van der Waals surface area (Å²) in [5.74, 6) is 0.184. The summed E-state index contributed by atoms with van der Waals surface area (Å²) in [4.78, 5) is 25.6. The molecule has 0 spiro atoms. The number of carbonyl (C=O) groups is 2. The molecule has 2 aliphatic heterocycles. The van der Waals surface area contributed by atoms with Crippen LogP contribution < -0.4 is 9.47 Å². The van der Waals surface area contributed by atoms with Gasteiger partial charge in [-0.2, -0.15) is 0 Å². The molecule has 0 radical (unpaired) electrons. The van der Waals surface area contributed by atoms with E-state index in [-0.39, 0.29) is 12.5 Å². The van der Waals surface area contributed by atoms with Crippen molar-refractivity contribution in [1.29, 1.82) is 0 Å². The van der Waals surface area contributed by atoms with Gasteiger partial charge in [0.05, 0.1) is 5.41 Å². The Labute approximate surface area is 128 Å². The van der Waals surface area contributed by atoms with Crippen molar-refractivity contribution in [3.05, 3.63) is 23.8 Å². The lowest BCUT2D eigenvalue weighted by Gasteiger charge is -2.37. The lowest BCUT2D eigenvalue weighted by Crippen LogP contribution is -2.48. The zero-order chi connectivity index (χ0) is 15.7. The third-order valence-corrected chi connectivity index (χ3v) is 4.29. The summed E-state index contributed by atoms with van der Waals surface area (Å²) in [6.07, 6.45) is 1.28. The zero-order valence-corrected chi connectivity index (χ0v) is 12.5. The minimum atomic E-state index is -0.873.